The Balaban J connectivity index is 1.50. The zero-order valence-electron chi connectivity index (χ0n) is 21.1. The third-order valence-electron chi connectivity index (χ3n) is 6.15. The number of amides is 1. The lowest BCUT2D eigenvalue weighted by molar-refractivity contribution is -0.137. The van der Waals surface area contributed by atoms with Gasteiger partial charge in [0, 0.05) is 25.0 Å². The van der Waals surface area contributed by atoms with E-state index in [1.807, 2.05) is 36.7 Å². The molecule has 0 saturated heterocycles. The van der Waals surface area contributed by atoms with Gasteiger partial charge >= 0.3 is 6.18 Å². The smallest absolute Gasteiger partial charge is 0.357 e. The van der Waals surface area contributed by atoms with Gasteiger partial charge in [-0.15, -0.1) is 0 Å². The summed E-state index contributed by atoms with van der Waals surface area (Å²) in [7, 11) is 0. The third kappa shape index (κ3) is 5.71. The summed E-state index contributed by atoms with van der Waals surface area (Å²) in [5.74, 6) is 0.724. The predicted molar refractivity (Wildman–Crippen MR) is 141 cm³/mol. The molecule has 37 heavy (non-hydrogen) atoms. The molecular weight excluding hydrogens is 501 g/mol. The van der Waals surface area contributed by atoms with Crippen LogP contribution in [0.4, 0.5) is 29.7 Å². The fourth-order valence-corrected chi connectivity index (χ4v) is 4.94. The zero-order valence-corrected chi connectivity index (χ0v) is 21.9. The van der Waals surface area contributed by atoms with E-state index in [0.717, 1.165) is 42.3 Å². The number of hydrogen-bond acceptors (Lipinski definition) is 6. The minimum absolute atomic E-state index is 0.210. The van der Waals surface area contributed by atoms with Crippen molar-refractivity contribution in [3.63, 3.8) is 0 Å². The molecule has 0 saturated carbocycles. The van der Waals surface area contributed by atoms with Crippen LogP contribution in [0, 0.1) is 0 Å². The van der Waals surface area contributed by atoms with Crippen LogP contribution >= 0.6 is 11.3 Å². The van der Waals surface area contributed by atoms with E-state index in [1.54, 1.807) is 6.20 Å². The predicted octanol–water partition coefficient (Wildman–Crippen LogP) is 6.45. The summed E-state index contributed by atoms with van der Waals surface area (Å²) in [5, 5.41) is 7.43. The van der Waals surface area contributed by atoms with Crippen molar-refractivity contribution in [2.24, 2.45) is 0 Å². The van der Waals surface area contributed by atoms with Crippen LogP contribution in [0.2, 0.25) is 0 Å². The van der Waals surface area contributed by atoms with Gasteiger partial charge in [-0.05, 0) is 63.1 Å². The number of hydrogen-bond donors (Lipinski definition) is 2. The second-order valence-corrected chi connectivity index (χ2v) is 9.60. The molecule has 0 aliphatic carbocycles. The van der Waals surface area contributed by atoms with Crippen molar-refractivity contribution in [2.75, 3.05) is 23.3 Å². The average molecular weight is 531 g/mol. The van der Waals surface area contributed by atoms with Gasteiger partial charge in [-0.1, -0.05) is 18.3 Å². The van der Waals surface area contributed by atoms with Crippen LogP contribution in [0.5, 0.6) is 0 Å². The molecule has 4 aromatic rings. The summed E-state index contributed by atoms with van der Waals surface area (Å²) in [5.41, 5.74) is 2.09. The Morgan fingerprint density at radius 3 is 2.43 bits per heavy atom. The lowest BCUT2D eigenvalue weighted by Gasteiger charge is -2.20. The van der Waals surface area contributed by atoms with Crippen molar-refractivity contribution in [3.05, 3.63) is 70.6 Å². The first kappa shape index (κ1) is 26.5. The fraction of sp³-hybridized carbons (Fsp3) is 0.346. The highest BCUT2D eigenvalue weighted by molar-refractivity contribution is 7.15. The maximum Gasteiger partial charge on any atom is 0.416 e. The lowest BCUT2D eigenvalue weighted by atomic mass is 10.1. The van der Waals surface area contributed by atoms with Crippen LogP contribution < -0.4 is 15.5 Å². The molecule has 0 radical (unpaired) electrons. The summed E-state index contributed by atoms with van der Waals surface area (Å²) in [6.45, 7) is 9.65. The number of fused-ring (bicyclic) bond motifs is 1. The minimum atomic E-state index is -4.38. The summed E-state index contributed by atoms with van der Waals surface area (Å²) in [6.07, 6.45) is 1.57. The van der Waals surface area contributed by atoms with Crippen LogP contribution in [-0.4, -0.2) is 33.4 Å². The molecule has 0 aliphatic heterocycles. The van der Waals surface area contributed by atoms with E-state index < -0.39 is 11.7 Å². The summed E-state index contributed by atoms with van der Waals surface area (Å²) < 4.78 is 40.3. The van der Waals surface area contributed by atoms with Gasteiger partial charge in [0.25, 0.3) is 5.91 Å². The third-order valence-corrected chi connectivity index (χ3v) is 7.24. The highest BCUT2D eigenvalue weighted by Crippen LogP contribution is 2.32. The van der Waals surface area contributed by atoms with Crippen molar-refractivity contribution in [1.29, 1.82) is 0 Å². The van der Waals surface area contributed by atoms with Gasteiger partial charge in [0.1, 0.15) is 21.5 Å². The molecule has 0 fully saturated rings. The number of thiazole rings is 1. The van der Waals surface area contributed by atoms with Gasteiger partial charge in [0.2, 0.25) is 0 Å². The molecule has 4 rings (SSSR count). The Hall–Kier alpha value is -3.60. The lowest BCUT2D eigenvalue weighted by Crippen LogP contribution is -2.28. The first-order chi connectivity index (χ1) is 17.6. The average Bonchev–Trinajstić information content (AvgIpc) is 3.51. The Morgan fingerprint density at radius 1 is 1.11 bits per heavy atom. The van der Waals surface area contributed by atoms with Gasteiger partial charge in [-0.2, -0.15) is 13.2 Å². The number of imidazole rings is 1. The van der Waals surface area contributed by atoms with Crippen molar-refractivity contribution in [1.82, 2.24) is 19.7 Å². The second kappa shape index (κ2) is 10.8. The van der Waals surface area contributed by atoms with E-state index >= 15 is 0 Å². The van der Waals surface area contributed by atoms with Crippen LogP contribution in [0.3, 0.4) is 0 Å². The van der Waals surface area contributed by atoms with Crippen LogP contribution in [0.25, 0.3) is 5.65 Å². The number of carbonyl (C=O) groups is 1. The number of aryl methyl sites for hydroxylation is 1. The first-order valence-electron chi connectivity index (χ1n) is 12.1. The van der Waals surface area contributed by atoms with E-state index in [2.05, 4.69) is 39.3 Å². The quantitative estimate of drug-likeness (QED) is 0.260. The molecule has 3 aromatic heterocycles. The number of pyridine rings is 1. The van der Waals surface area contributed by atoms with E-state index in [0.29, 0.717) is 27.7 Å². The molecule has 1 amide bonds. The largest absolute Gasteiger partial charge is 0.416 e. The minimum Gasteiger partial charge on any atom is -0.357 e. The van der Waals surface area contributed by atoms with Gasteiger partial charge in [0.05, 0.1) is 29.6 Å². The number of aromatic nitrogens is 3. The topological polar surface area (TPSA) is 74.6 Å². The number of nitrogens with one attached hydrogen (secondary N) is 2. The molecule has 1 atom stereocenters. The van der Waals surface area contributed by atoms with Crippen LogP contribution in [0.1, 0.15) is 60.2 Å². The monoisotopic (exact) mass is 530 g/mol. The molecule has 1 aromatic carbocycles. The van der Waals surface area contributed by atoms with Crippen molar-refractivity contribution in [2.45, 2.75) is 46.3 Å². The number of halogens is 3. The normalized spacial score (nSPS) is 12.5. The van der Waals surface area contributed by atoms with Crippen LogP contribution in [-0.2, 0) is 12.6 Å². The number of nitrogens with zero attached hydrogens (tertiary/aromatic N) is 4. The number of alkyl halides is 3. The first-order valence-corrected chi connectivity index (χ1v) is 12.9. The van der Waals surface area contributed by atoms with E-state index in [9.17, 15) is 18.0 Å². The Kier molecular flexibility index (Phi) is 7.72. The van der Waals surface area contributed by atoms with E-state index in [1.165, 1.54) is 23.5 Å². The zero-order chi connectivity index (χ0) is 26.7. The summed E-state index contributed by atoms with van der Waals surface area (Å²) in [4.78, 5) is 24.4. The summed E-state index contributed by atoms with van der Waals surface area (Å²) in [6, 6.07) is 6.38. The molecule has 1 unspecified atom stereocenters. The maximum absolute atomic E-state index is 13.3. The Labute approximate surface area is 217 Å². The maximum atomic E-state index is 13.3. The Morgan fingerprint density at radius 2 is 1.81 bits per heavy atom. The number of anilines is 3. The molecular formula is C26H29F3N6OS. The van der Waals surface area contributed by atoms with Gasteiger partial charge in [-0.3, -0.25) is 9.20 Å². The number of rotatable bonds is 9. The molecule has 196 valence electrons. The molecule has 3 heterocycles. The SMILES string of the molecule is CCc1cc2ncc(N(CC)CC)n2cc1C(=O)NC(C)c1ncc(Nc2ccc(C(F)(F)F)cc2)s1. The van der Waals surface area contributed by atoms with Gasteiger partial charge in [0.15, 0.2) is 0 Å². The van der Waals surface area contributed by atoms with Gasteiger partial charge in [-0.25, -0.2) is 9.97 Å². The highest BCUT2D eigenvalue weighted by atomic mass is 32.1. The Bertz CT molecular complexity index is 1380. The molecule has 0 aliphatic rings. The van der Waals surface area contributed by atoms with Crippen molar-refractivity contribution < 1.29 is 18.0 Å². The molecule has 0 spiro atoms. The van der Waals surface area contributed by atoms with E-state index in [4.69, 9.17) is 0 Å². The molecule has 0 bridgehead atoms. The van der Waals surface area contributed by atoms with Crippen molar-refractivity contribution in [3.8, 4) is 0 Å². The summed E-state index contributed by atoms with van der Waals surface area (Å²) >= 11 is 1.33. The fourth-order valence-electron chi connectivity index (χ4n) is 4.10. The van der Waals surface area contributed by atoms with Crippen LogP contribution in [0.15, 0.2) is 48.9 Å². The standard InChI is InChI=1S/C26H29F3N6OS/c1-5-17-12-21-30-14-23(34(6-2)7-3)35(21)15-20(17)24(36)32-16(4)25-31-13-22(37-25)33-19-10-8-18(9-11-19)26(27,28)29/h8-16,33H,5-7H2,1-4H3,(H,32,36). The van der Waals surface area contributed by atoms with E-state index in [-0.39, 0.29) is 11.9 Å². The molecule has 2 N–H and O–H groups in total. The molecule has 11 heteroatoms. The second-order valence-electron chi connectivity index (χ2n) is 8.54. The number of carbonyl (C=O) groups excluding carboxylic acids is 1. The van der Waals surface area contributed by atoms with Gasteiger partial charge < -0.3 is 15.5 Å². The molecule has 7 nitrogen and oxygen atoms in total. The van der Waals surface area contributed by atoms with Crippen molar-refractivity contribution >= 4 is 39.4 Å². The highest BCUT2D eigenvalue weighted by Gasteiger charge is 2.30. The number of benzene rings is 1.